The second-order valence-electron chi connectivity index (χ2n) is 9.66. The summed E-state index contributed by atoms with van der Waals surface area (Å²) in [5.41, 5.74) is 0.0165. The summed E-state index contributed by atoms with van der Waals surface area (Å²) < 4.78 is 78.7. The molecule has 0 fully saturated rings. The summed E-state index contributed by atoms with van der Waals surface area (Å²) in [7, 11) is -2.85. The van der Waals surface area contributed by atoms with Crippen LogP contribution in [0.2, 0.25) is 0 Å². The molecule has 0 amide bonds. The van der Waals surface area contributed by atoms with Crippen LogP contribution in [0.25, 0.3) is 0 Å². The number of esters is 1. The van der Waals surface area contributed by atoms with E-state index in [4.69, 9.17) is 9.47 Å². The minimum absolute atomic E-state index is 0.202. The Morgan fingerprint density at radius 2 is 1.83 bits per heavy atom. The highest BCUT2D eigenvalue weighted by atomic mass is 32.2. The number of ether oxygens (including phenoxy) is 2. The fourth-order valence-electron chi connectivity index (χ4n) is 4.20. The molecule has 0 unspecified atom stereocenters. The maximum Gasteiger partial charge on any atom is 0.416 e. The van der Waals surface area contributed by atoms with Crippen molar-refractivity contribution in [1.82, 2.24) is 4.31 Å². The van der Waals surface area contributed by atoms with Crippen molar-refractivity contribution in [3.63, 3.8) is 0 Å². The Morgan fingerprint density at radius 1 is 1.14 bits per heavy atom. The maximum absolute atomic E-state index is 13.4. The van der Waals surface area contributed by atoms with E-state index in [9.17, 15) is 26.4 Å². The smallest absolute Gasteiger partial charge is 0.416 e. The number of carbonyl (C=O) groups is 1. The molecule has 6 nitrogen and oxygen atoms in total. The SMILES string of the molecule is Cc1cc(C(F)(F)F)cc(S(=O)(=O)N(C)[C@@H]2CCCc3c(OCC(=O)OC(C)(C)C)cccc32)c1. The van der Waals surface area contributed by atoms with Crippen LogP contribution in [0.3, 0.4) is 0 Å². The average Bonchev–Trinajstić information content (AvgIpc) is 2.74. The molecule has 2 aromatic rings. The van der Waals surface area contributed by atoms with E-state index >= 15 is 0 Å². The van der Waals surface area contributed by atoms with Crippen LogP contribution in [0.15, 0.2) is 41.3 Å². The van der Waals surface area contributed by atoms with E-state index in [1.54, 1.807) is 39.0 Å². The van der Waals surface area contributed by atoms with E-state index in [0.717, 1.165) is 15.9 Å². The summed E-state index contributed by atoms with van der Waals surface area (Å²) in [5, 5.41) is 0. The molecule has 1 aliphatic rings. The molecule has 1 atom stereocenters. The van der Waals surface area contributed by atoms with Gasteiger partial charge in [0.2, 0.25) is 10.0 Å². The highest BCUT2D eigenvalue weighted by molar-refractivity contribution is 7.89. The molecular formula is C25H30F3NO5S. The van der Waals surface area contributed by atoms with Gasteiger partial charge in [0.05, 0.1) is 16.5 Å². The molecular weight excluding hydrogens is 483 g/mol. The van der Waals surface area contributed by atoms with Crippen LogP contribution in [-0.4, -0.2) is 37.9 Å². The predicted molar refractivity (Wildman–Crippen MR) is 125 cm³/mol. The molecule has 2 aromatic carbocycles. The highest BCUT2D eigenvalue weighted by Gasteiger charge is 2.36. The van der Waals surface area contributed by atoms with E-state index in [0.29, 0.717) is 36.6 Å². The van der Waals surface area contributed by atoms with Gasteiger partial charge in [-0.15, -0.1) is 0 Å². The first kappa shape index (κ1) is 27.0. The van der Waals surface area contributed by atoms with Crippen molar-refractivity contribution in [3.05, 3.63) is 58.7 Å². The summed E-state index contributed by atoms with van der Waals surface area (Å²) in [4.78, 5) is 11.7. The lowest BCUT2D eigenvalue weighted by atomic mass is 9.87. The van der Waals surface area contributed by atoms with Crippen molar-refractivity contribution >= 4 is 16.0 Å². The lowest BCUT2D eigenvalue weighted by Gasteiger charge is -2.33. The monoisotopic (exact) mass is 513 g/mol. The summed E-state index contributed by atoms with van der Waals surface area (Å²) >= 11 is 0. The van der Waals surface area contributed by atoms with Crippen LogP contribution in [0.1, 0.15) is 61.9 Å². The minimum Gasteiger partial charge on any atom is -0.482 e. The molecule has 3 rings (SSSR count). The molecule has 0 aliphatic heterocycles. The van der Waals surface area contributed by atoms with Crippen molar-refractivity contribution in [2.45, 2.75) is 69.7 Å². The van der Waals surface area contributed by atoms with Gasteiger partial charge in [-0.3, -0.25) is 0 Å². The number of sulfonamides is 1. The summed E-state index contributed by atoms with van der Waals surface area (Å²) in [6, 6.07) is 7.43. The number of benzene rings is 2. The van der Waals surface area contributed by atoms with Crippen LogP contribution >= 0.6 is 0 Å². The van der Waals surface area contributed by atoms with Crippen LogP contribution in [-0.2, 0) is 32.2 Å². The largest absolute Gasteiger partial charge is 0.482 e. The molecule has 0 spiro atoms. The Balaban J connectivity index is 1.90. The summed E-state index contributed by atoms with van der Waals surface area (Å²) in [6.45, 7) is 6.39. The van der Waals surface area contributed by atoms with Gasteiger partial charge in [-0.1, -0.05) is 12.1 Å². The molecule has 0 heterocycles. The molecule has 0 saturated heterocycles. The second-order valence-corrected chi connectivity index (χ2v) is 11.7. The van der Waals surface area contributed by atoms with E-state index in [2.05, 4.69) is 0 Å². The van der Waals surface area contributed by atoms with Gasteiger partial charge in [-0.05, 0) is 87.9 Å². The van der Waals surface area contributed by atoms with Crippen molar-refractivity contribution in [2.75, 3.05) is 13.7 Å². The van der Waals surface area contributed by atoms with Gasteiger partial charge in [0, 0.05) is 7.05 Å². The number of fused-ring (bicyclic) bond motifs is 1. The molecule has 0 bridgehead atoms. The highest BCUT2D eigenvalue weighted by Crippen LogP contribution is 2.41. The van der Waals surface area contributed by atoms with Crippen LogP contribution < -0.4 is 4.74 Å². The predicted octanol–water partition coefficient (Wildman–Crippen LogP) is 5.43. The molecule has 0 saturated carbocycles. The minimum atomic E-state index is -4.66. The zero-order valence-electron chi connectivity index (χ0n) is 20.4. The van der Waals surface area contributed by atoms with Gasteiger partial charge in [0.25, 0.3) is 0 Å². The molecule has 0 aromatic heterocycles. The first-order chi connectivity index (χ1) is 16.1. The van der Waals surface area contributed by atoms with Crippen LogP contribution in [0.4, 0.5) is 13.2 Å². The lowest BCUT2D eigenvalue weighted by Crippen LogP contribution is -2.34. The van der Waals surface area contributed by atoms with E-state index in [-0.39, 0.29) is 12.2 Å². The molecule has 0 N–H and O–H groups in total. The summed E-state index contributed by atoms with van der Waals surface area (Å²) in [5.74, 6) is -0.0687. The number of hydrogen-bond acceptors (Lipinski definition) is 5. The fourth-order valence-corrected chi connectivity index (χ4v) is 5.70. The van der Waals surface area contributed by atoms with Gasteiger partial charge in [0.1, 0.15) is 11.4 Å². The maximum atomic E-state index is 13.4. The third-order valence-corrected chi connectivity index (χ3v) is 7.54. The zero-order chi connectivity index (χ0) is 26.2. The van der Waals surface area contributed by atoms with Gasteiger partial charge in [-0.2, -0.15) is 17.5 Å². The zero-order valence-corrected chi connectivity index (χ0v) is 21.2. The number of halogens is 3. The average molecular weight is 514 g/mol. The van der Waals surface area contributed by atoms with Gasteiger partial charge in [-0.25, -0.2) is 13.2 Å². The van der Waals surface area contributed by atoms with E-state index in [1.807, 2.05) is 0 Å². The molecule has 35 heavy (non-hydrogen) atoms. The van der Waals surface area contributed by atoms with Crippen LogP contribution in [0, 0.1) is 6.92 Å². The number of hydrogen-bond donors (Lipinski definition) is 0. The third kappa shape index (κ3) is 6.35. The van der Waals surface area contributed by atoms with Gasteiger partial charge < -0.3 is 9.47 Å². The summed E-state index contributed by atoms with van der Waals surface area (Å²) in [6.07, 6.45) is -2.90. The molecule has 0 radical (unpaired) electrons. The van der Waals surface area contributed by atoms with Crippen LogP contribution in [0.5, 0.6) is 5.75 Å². The Kier molecular flexibility index (Phi) is 7.57. The quantitative estimate of drug-likeness (QED) is 0.482. The van der Waals surface area contributed by atoms with Crippen molar-refractivity contribution in [1.29, 1.82) is 0 Å². The van der Waals surface area contributed by atoms with E-state index in [1.165, 1.54) is 20.0 Å². The first-order valence-electron chi connectivity index (χ1n) is 11.2. The van der Waals surface area contributed by atoms with Crippen molar-refractivity contribution in [3.8, 4) is 5.75 Å². The number of nitrogens with zero attached hydrogens (tertiary/aromatic N) is 1. The third-order valence-electron chi connectivity index (χ3n) is 5.69. The fraction of sp³-hybridized carbons (Fsp3) is 0.480. The number of alkyl halides is 3. The molecule has 10 heteroatoms. The number of carbonyl (C=O) groups excluding carboxylic acids is 1. The topological polar surface area (TPSA) is 72.9 Å². The normalized spacial score (nSPS) is 16.7. The standard InChI is InChI=1S/C25H30F3NO5S/c1-16-12-17(25(26,27)28)14-18(13-16)35(31,32)29(5)21-10-6-9-20-19(21)8-7-11-22(20)33-15-23(30)34-24(2,3)4/h7-8,11-14,21H,6,9-10,15H2,1-5H3/t21-/m1/s1. The van der Waals surface area contributed by atoms with E-state index < -0.39 is 44.3 Å². The Hall–Kier alpha value is -2.59. The Morgan fingerprint density at radius 3 is 2.46 bits per heavy atom. The number of aryl methyl sites for hydroxylation is 1. The van der Waals surface area contributed by atoms with Crippen molar-refractivity contribution in [2.24, 2.45) is 0 Å². The van der Waals surface area contributed by atoms with Gasteiger partial charge in [0.15, 0.2) is 6.61 Å². The first-order valence-corrected chi connectivity index (χ1v) is 12.7. The Bertz CT molecular complexity index is 1200. The van der Waals surface area contributed by atoms with Crippen molar-refractivity contribution < 1.29 is 35.9 Å². The van der Waals surface area contributed by atoms with Gasteiger partial charge >= 0.3 is 12.1 Å². The molecule has 1 aliphatic carbocycles. The number of rotatable bonds is 6. The Labute approximate surface area is 204 Å². The lowest BCUT2D eigenvalue weighted by molar-refractivity contribution is -0.157. The molecule has 192 valence electrons. The second kappa shape index (κ2) is 9.81.